The second-order valence-electron chi connectivity index (χ2n) is 22.9. The fraction of sp³-hybridized carbons (Fsp3) is 0.424. The molecule has 0 spiro atoms. The standard InChI is InChI=1S/C20H21FN2.C17H23FN2.C17H22O2.C12H18N2/c1-13(2)20-19(16-8-6-5-7-9-16)15(4)22-23(20)18-12-17(21)11-10-14(18)3;1-11(2)14-10-16(17(4,5)6)19-20(14)15-9-13(18)8-7-12(15)3;1-4-5-7-14-13-9-6-8-12(11(2)3)15(13)10-16(14)17(18)19;1-8(2)11-9(3)6-7-13-12(11)14-10-4-5-10/h5-13H,1-4H3;7-11H,1-6H3;6,8-9,11H,4-5,7,10H2,1-3H3,(H,18,19);6-8,10H,4-5H2,1-3H3,(H,13,14). The van der Waals surface area contributed by atoms with Gasteiger partial charge in [-0.1, -0.05) is 150 Å². The molecule has 2 N–H and O–H groups in total. The van der Waals surface area contributed by atoms with Crippen molar-refractivity contribution < 1.29 is 18.7 Å². The lowest BCUT2D eigenvalue weighted by Crippen LogP contribution is -2.13. The number of hydrogen-bond donors (Lipinski definition) is 2. The maximum absolute atomic E-state index is 13.8. The van der Waals surface area contributed by atoms with Gasteiger partial charge < -0.3 is 10.4 Å². The fourth-order valence-electron chi connectivity index (χ4n) is 9.96. The van der Waals surface area contributed by atoms with Gasteiger partial charge in [0.25, 0.3) is 0 Å². The van der Waals surface area contributed by atoms with Crippen LogP contribution in [0.5, 0.6) is 0 Å². The quantitative estimate of drug-likeness (QED) is 0.119. The molecule has 2 aliphatic rings. The van der Waals surface area contributed by atoms with Crippen molar-refractivity contribution >= 4 is 17.4 Å². The number of nitrogens with one attached hydrogen (secondary N) is 1. The molecule has 0 amide bonds. The Hall–Kier alpha value is -6.68. The number of pyridine rings is 1. The Kier molecular flexibility index (Phi) is 19.6. The highest BCUT2D eigenvalue weighted by atomic mass is 19.1. The van der Waals surface area contributed by atoms with Crippen molar-refractivity contribution in [2.24, 2.45) is 0 Å². The SMILES string of the molecule is CCCCC1=C(C(=O)O)Cc2c1cccc2C(C)C.Cc1ccc(F)cc1-n1nc(C(C)(C)C)cc1C(C)C.Cc1ccc(F)cc1-n1nc(C)c(-c2ccccc2)c1C(C)C.Cc1ccnc(NC2CC2)c1C(C)C. The molecule has 0 aliphatic heterocycles. The number of anilines is 1. The van der Waals surface area contributed by atoms with Crippen LogP contribution in [0.1, 0.15) is 201 Å². The first-order valence-corrected chi connectivity index (χ1v) is 27.5. The van der Waals surface area contributed by atoms with Gasteiger partial charge in [0, 0.05) is 40.9 Å². The highest BCUT2D eigenvalue weighted by molar-refractivity contribution is 6.00. The second kappa shape index (κ2) is 25.4. The van der Waals surface area contributed by atoms with Gasteiger partial charge in [0.2, 0.25) is 0 Å². The lowest BCUT2D eigenvalue weighted by Gasteiger charge is -2.15. The van der Waals surface area contributed by atoms with Gasteiger partial charge in [0.05, 0.1) is 28.5 Å². The number of benzene rings is 4. The smallest absolute Gasteiger partial charge is 0.332 e. The third kappa shape index (κ3) is 14.2. The number of halogens is 2. The molecule has 8 nitrogen and oxygen atoms in total. The summed E-state index contributed by atoms with van der Waals surface area (Å²) in [6.07, 6.45) is 8.12. The number of aromatic nitrogens is 5. The molecule has 1 saturated carbocycles. The minimum atomic E-state index is -0.753. The zero-order valence-electron chi connectivity index (χ0n) is 48.3. The molecule has 404 valence electrons. The first-order chi connectivity index (χ1) is 35.9. The minimum absolute atomic E-state index is 0.0177. The Balaban J connectivity index is 0.000000167. The number of aryl methyl sites for hydroxylation is 4. The number of unbranched alkanes of at least 4 members (excludes halogenated alkanes) is 1. The molecule has 2 aliphatic carbocycles. The van der Waals surface area contributed by atoms with Crippen molar-refractivity contribution in [3.8, 4) is 22.5 Å². The van der Waals surface area contributed by atoms with Crippen LogP contribution in [0.15, 0.2) is 109 Å². The third-order valence-electron chi connectivity index (χ3n) is 14.2. The van der Waals surface area contributed by atoms with Crippen molar-refractivity contribution in [1.82, 2.24) is 24.5 Å². The number of hydrogen-bond acceptors (Lipinski definition) is 5. The number of allylic oxidation sites excluding steroid dienone is 1. The van der Waals surface area contributed by atoms with E-state index in [-0.39, 0.29) is 23.0 Å². The van der Waals surface area contributed by atoms with Crippen LogP contribution in [0.2, 0.25) is 0 Å². The highest BCUT2D eigenvalue weighted by Gasteiger charge is 2.29. The summed E-state index contributed by atoms with van der Waals surface area (Å²) in [4.78, 5) is 15.9. The summed E-state index contributed by atoms with van der Waals surface area (Å²) in [5.41, 5.74) is 18.3. The molecular formula is C66H84F2N6O2. The molecule has 0 atom stereocenters. The predicted molar refractivity (Wildman–Crippen MR) is 312 cm³/mol. The summed E-state index contributed by atoms with van der Waals surface area (Å²) in [5.74, 6) is 1.47. The second-order valence-corrected chi connectivity index (χ2v) is 22.9. The van der Waals surface area contributed by atoms with Gasteiger partial charge in [-0.3, -0.25) is 0 Å². The van der Waals surface area contributed by atoms with Gasteiger partial charge in [-0.15, -0.1) is 0 Å². The Morgan fingerprint density at radius 1 is 0.724 bits per heavy atom. The van der Waals surface area contributed by atoms with Gasteiger partial charge in [0.15, 0.2) is 0 Å². The maximum atomic E-state index is 13.8. The molecule has 10 heteroatoms. The van der Waals surface area contributed by atoms with Gasteiger partial charge in [-0.2, -0.15) is 10.2 Å². The Bertz CT molecular complexity index is 3130. The molecule has 0 saturated heterocycles. The predicted octanol–water partition coefficient (Wildman–Crippen LogP) is 17.6. The van der Waals surface area contributed by atoms with E-state index in [4.69, 9.17) is 10.2 Å². The summed E-state index contributed by atoms with van der Waals surface area (Å²) in [6.45, 7) is 34.0. The number of rotatable bonds is 13. The van der Waals surface area contributed by atoms with E-state index in [2.05, 4.69) is 143 Å². The average Bonchev–Trinajstić information content (AvgIpc) is 3.74. The van der Waals surface area contributed by atoms with E-state index in [1.807, 2.05) is 54.5 Å². The van der Waals surface area contributed by atoms with Crippen molar-refractivity contribution in [2.75, 3.05) is 5.32 Å². The van der Waals surface area contributed by atoms with Crippen LogP contribution in [0.4, 0.5) is 14.6 Å². The molecule has 0 unspecified atom stereocenters. The van der Waals surface area contributed by atoms with Gasteiger partial charge in [0.1, 0.15) is 17.5 Å². The molecular weight excluding hydrogens is 947 g/mol. The van der Waals surface area contributed by atoms with Crippen LogP contribution in [-0.4, -0.2) is 41.7 Å². The molecule has 3 heterocycles. The van der Waals surface area contributed by atoms with E-state index in [1.165, 1.54) is 52.8 Å². The Morgan fingerprint density at radius 2 is 1.34 bits per heavy atom. The number of nitrogens with zero attached hydrogens (tertiary/aromatic N) is 5. The summed E-state index contributed by atoms with van der Waals surface area (Å²) < 4.78 is 31.1. The first-order valence-electron chi connectivity index (χ1n) is 27.5. The molecule has 4 aromatic carbocycles. The highest BCUT2D eigenvalue weighted by Crippen LogP contribution is 2.40. The third-order valence-corrected chi connectivity index (χ3v) is 14.2. The van der Waals surface area contributed by atoms with Crippen LogP contribution in [0, 0.1) is 39.3 Å². The van der Waals surface area contributed by atoms with Gasteiger partial charge in [-0.25, -0.2) is 27.9 Å². The van der Waals surface area contributed by atoms with Crippen LogP contribution in [0.3, 0.4) is 0 Å². The summed E-state index contributed by atoms with van der Waals surface area (Å²) in [7, 11) is 0. The normalized spacial score (nSPS) is 13.1. The Morgan fingerprint density at radius 3 is 1.87 bits per heavy atom. The van der Waals surface area contributed by atoms with E-state index in [9.17, 15) is 18.7 Å². The van der Waals surface area contributed by atoms with Crippen LogP contribution < -0.4 is 5.32 Å². The van der Waals surface area contributed by atoms with Crippen LogP contribution >= 0.6 is 0 Å². The molecule has 0 bridgehead atoms. The zero-order chi connectivity index (χ0) is 55.8. The summed E-state index contributed by atoms with van der Waals surface area (Å²) in [5, 5.41) is 22.4. The van der Waals surface area contributed by atoms with Crippen LogP contribution in [-0.2, 0) is 16.6 Å². The maximum Gasteiger partial charge on any atom is 0.332 e. The monoisotopic (exact) mass is 1030 g/mol. The molecule has 0 radical (unpaired) electrons. The van der Waals surface area contributed by atoms with Gasteiger partial charge in [-0.05, 0) is 164 Å². The average molecular weight is 1030 g/mol. The van der Waals surface area contributed by atoms with E-state index in [0.717, 1.165) is 87.1 Å². The first kappa shape index (κ1) is 58.6. The van der Waals surface area contributed by atoms with E-state index in [1.54, 1.807) is 24.3 Å². The van der Waals surface area contributed by atoms with Gasteiger partial charge >= 0.3 is 5.97 Å². The van der Waals surface area contributed by atoms with Crippen molar-refractivity contribution in [3.05, 3.63) is 182 Å². The zero-order valence-corrected chi connectivity index (χ0v) is 48.3. The van der Waals surface area contributed by atoms with E-state index < -0.39 is 5.97 Å². The lowest BCUT2D eigenvalue weighted by atomic mass is 9.91. The minimum Gasteiger partial charge on any atom is -0.478 e. The van der Waals surface area contributed by atoms with Crippen molar-refractivity contribution in [3.63, 3.8) is 0 Å². The fourth-order valence-corrected chi connectivity index (χ4v) is 9.96. The number of aliphatic carboxylic acids is 1. The van der Waals surface area contributed by atoms with Crippen molar-refractivity contribution in [2.45, 2.75) is 184 Å². The van der Waals surface area contributed by atoms with Crippen molar-refractivity contribution in [1.29, 1.82) is 0 Å². The topological polar surface area (TPSA) is 97.9 Å². The summed E-state index contributed by atoms with van der Waals surface area (Å²) >= 11 is 0. The number of fused-ring (bicyclic) bond motifs is 1. The number of carboxylic acids is 1. The molecule has 7 aromatic rings. The van der Waals surface area contributed by atoms with E-state index >= 15 is 0 Å². The molecule has 9 rings (SSSR count). The largest absolute Gasteiger partial charge is 0.478 e. The summed E-state index contributed by atoms with van der Waals surface area (Å²) in [6, 6.07) is 31.1. The molecule has 3 aromatic heterocycles. The molecule has 76 heavy (non-hydrogen) atoms. The number of carboxylic acid groups (broad SMARTS) is 1. The number of carbonyl (C=O) groups is 1. The Labute approximate surface area is 453 Å². The van der Waals surface area contributed by atoms with E-state index in [0.29, 0.717) is 35.8 Å². The van der Waals surface area contributed by atoms with Crippen LogP contribution in [0.25, 0.3) is 28.1 Å². The lowest BCUT2D eigenvalue weighted by molar-refractivity contribution is -0.132. The molecule has 1 fully saturated rings.